The Morgan fingerprint density at radius 1 is 1.11 bits per heavy atom. The summed E-state index contributed by atoms with van der Waals surface area (Å²) < 4.78 is 10.2. The first-order valence-electron chi connectivity index (χ1n) is 8.75. The van der Waals surface area contributed by atoms with Crippen LogP contribution in [-0.4, -0.2) is 40.8 Å². The third-order valence-corrected chi connectivity index (χ3v) is 3.62. The van der Waals surface area contributed by atoms with E-state index in [1.54, 1.807) is 20.8 Å². The Kier molecular flexibility index (Phi) is 8.24. The second kappa shape index (κ2) is 9.91. The molecule has 1 rings (SSSR count). The van der Waals surface area contributed by atoms with Crippen LogP contribution in [0.3, 0.4) is 0 Å². The van der Waals surface area contributed by atoms with Gasteiger partial charge in [0.25, 0.3) is 0 Å². The molecule has 1 aromatic carbocycles. The summed E-state index contributed by atoms with van der Waals surface area (Å²) in [6.45, 7) is 5.35. The van der Waals surface area contributed by atoms with Crippen LogP contribution in [0.15, 0.2) is 30.3 Å². The molecule has 0 saturated heterocycles. The number of esters is 1. The van der Waals surface area contributed by atoms with Gasteiger partial charge in [-0.1, -0.05) is 30.3 Å². The molecular formula is C19H28N2O6. The van der Waals surface area contributed by atoms with Crippen molar-refractivity contribution >= 4 is 18.0 Å². The van der Waals surface area contributed by atoms with Gasteiger partial charge in [-0.15, -0.1) is 0 Å². The highest BCUT2D eigenvalue weighted by molar-refractivity contribution is 6.03. The summed E-state index contributed by atoms with van der Waals surface area (Å²) in [6.07, 6.45) is 0.0947. The molecule has 1 aromatic rings. The zero-order valence-corrected chi connectivity index (χ0v) is 16.0. The number of benzene rings is 1. The lowest BCUT2D eigenvalue weighted by Gasteiger charge is -2.28. The number of hydrogen-bond donors (Lipinski definition) is 3. The molecule has 0 aliphatic carbocycles. The molecule has 1 amide bonds. The zero-order chi connectivity index (χ0) is 20.5. The van der Waals surface area contributed by atoms with Gasteiger partial charge < -0.3 is 25.6 Å². The number of ether oxygens (including phenoxy) is 2. The fourth-order valence-electron chi connectivity index (χ4n) is 2.16. The molecule has 8 heteroatoms. The zero-order valence-electron chi connectivity index (χ0n) is 16.0. The first-order valence-corrected chi connectivity index (χ1v) is 8.75. The van der Waals surface area contributed by atoms with Gasteiger partial charge in [0.15, 0.2) is 0 Å². The number of aliphatic carboxylic acids is 1. The maximum atomic E-state index is 12.1. The summed E-state index contributed by atoms with van der Waals surface area (Å²) in [7, 11) is 0. The van der Waals surface area contributed by atoms with Gasteiger partial charge in [0, 0.05) is 6.54 Å². The minimum atomic E-state index is -2.11. The SMILES string of the molecule is CC(C)(C)OC(=O)[C@](N)(CCCCNC(=O)OCc1ccccc1)C(=O)O. The molecular weight excluding hydrogens is 352 g/mol. The number of carboxylic acids is 1. The molecule has 0 unspecified atom stereocenters. The summed E-state index contributed by atoms with van der Waals surface area (Å²) in [6, 6.07) is 9.26. The lowest BCUT2D eigenvalue weighted by atomic mass is 9.93. The van der Waals surface area contributed by atoms with Crippen LogP contribution in [0.4, 0.5) is 4.79 Å². The van der Waals surface area contributed by atoms with Gasteiger partial charge in [-0.2, -0.15) is 0 Å². The van der Waals surface area contributed by atoms with Crippen LogP contribution in [0.25, 0.3) is 0 Å². The Bertz CT molecular complexity index is 641. The first kappa shape index (κ1) is 22.4. The molecule has 150 valence electrons. The normalized spacial score (nSPS) is 13.3. The molecule has 0 aliphatic rings. The van der Waals surface area contributed by atoms with Gasteiger partial charge in [0.05, 0.1) is 0 Å². The minimum Gasteiger partial charge on any atom is -0.479 e. The number of nitrogens with one attached hydrogen (secondary N) is 1. The summed E-state index contributed by atoms with van der Waals surface area (Å²) >= 11 is 0. The van der Waals surface area contributed by atoms with Crippen molar-refractivity contribution in [2.75, 3.05) is 6.54 Å². The van der Waals surface area contributed by atoms with Crippen molar-refractivity contribution in [3.05, 3.63) is 35.9 Å². The number of carbonyl (C=O) groups excluding carboxylic acids is 2. The molecule has 4 N–H and O–H groups in total. The number of alkyl carbamates (subject to hydrolysis) is 1. The number of carbonyl (C=O) groups is 3. The van der Waals surface area contributed by atoms with Gasteiger partial charge in [-0.25, -0.2) is 14.4 Å². The molecule has 8 nitrogen and oxygen atoms in total. The molecule has 0 saturated carbocycles. The van der Waals surface area contributed by atoms with E-state index in [9.17, 15) is 19.5 Å². The van der Waals surface area contributed by atoms with Gasteiger partial charge >= 0.3 is 18.0 Å². The van der Waals surface area contributed by atoms with E-state index in [4.69, 9.17) is 15.2 Å². The molecule has 0 bridgehead atoms. The van der Waals surface area contributed by atoms with E-state index in [1.165, 1.54) is 0 Å². The largest absolute Gasteiger partial charge is 0.479 e. The van der Waals surface area contributed by atoms with Crippen molar-refractivity contribution < 1.29 is 29.0 Å². The summed E-state index contributed by atoms with van der Waals surface area (Å²) in [4.78, 5) is 35.1. The fraction of sp³-hybridized carbons (Fsp3) is 0.526. The van der Waals surface area contributed by atoms with E-state index in [0.29, 0.717) is 12.8 Å². The van der Waals surface area contributed by atoms with Gasteiger partial charge in [-0.05, 0) is 45.6 Å². The minimum absolute atomic E-state index is 0.0992. The predicted octanol–water partition coefficient (Wildman–Crippen LogP) is 2.21. The van der Waals surface area contributed by atoms with Crippen molar-refractivity contribution in [2.24, 2.45) is 5.73 Å². The Morgan fingerprint density at radius 3 is 2.30 bits per heavy atom. The van der Waals surface area contributed by atoms with E-state index < -0.39 is 29.2 Å². The smallest absolute Gasteiger partial charge is 0.407 e. The third kappa shape index (κ3) is 8.08. The van der Waals surface area contributed by atoms with E-state index in [2.05, 4.69) is 5.32 Å². The Balaban J connectivity index is 2.34. The summed E-state index contributed by atoms with van der Waals surface area (Å²) in [5.74, 6) is -2.41. The highest BCUT2D eigenvalue weighted by atomic mass is 16.6. The van der Waals surface area contributed by atoms with Crippen LogP contribution >= 0.6 is 0 Å². The maximum absolute atomic E-state index is 12.1. The van der Waals surface area contributed by atoms with Gasteiger partial charge in [0.2, 0.25) is 5.54 Å². The molecule has 27 heavy (non-hydrogen) atoms. The van der Waals surface area contributed by atoms with E-state index in [1.807, 2.05) is 30.3 Å². The number of nitrogens with two attached hydrogens (primary N) is 1. The molecule has 0 aliphatic heterocycles. The second-order valence-electron chi connectivity index (χ2n) is 7.22. The molecule has 0 heterocycles. The topological polar surface area (TPSA) is 128 Å². The van der Waals surface area contributed by atoms with Crippen LogP contribution in [0, 0.1) is 0 Å². The fourth-order valence-corrected chi connectivity index (χ4v) is 2.16. The van der Waals surface area contributed by atoms with Gasteiger partial charge in [0.1, 0.15) is 12.2 Å². The Morgan fingerprint density at radius 2 is 1.74 bits per heavy atom. The summed E-state index contributed by atoms with van der Waals surface area (Å²) in [5, 5.41) is 11.9. The third-order valence-electron chi connectivity index (χ3n) is 3.62. The number of amides is 1. The second-order valence-corrected chi connectivity index (χ2v) is 7.22. The predicted molar refractivity (Wildman–Crippen MR) is 98.9 cm³/mol. The number of rotatable bonds is 9. The first-order chi connectivity index (χ1) is 12.5. The van der Waals surface area contributed by atoms with Crippen LogP contribution in [0.2, 0.25) is 0 Å². The maximum Gasteiger partial charge on any atom is 0.407 e. The Hall–Kier alpha value is -2.61. The standard InChI is InChI=1S/C19H28N2O6/c1-18(2,3)27-16(24)19(20,15(22)23)11-7-8-12-21-17(25)26-13-14-9-5-4-6-10-14/h4-6,9-10H,7-8,11-13,20H2,1-3H3,(H,21,25)(H,22,23)/t19-/m0/s1. The average Bonchev–Trinajstić information content (AvgIpc) is 2.58. The lowest BCUT2D eigenvalue weighted by molar-refractivity contribution is -0.169. The van der Waals surface area contributed by atoms with Crippen molar-refractivity contribution in [3.63, 3.8) is 0 Å². The summed E-state index contributed by atoms with van der Waals surface area (Å²) in [5.41, 5.74) is 3.69. The number of hydrogen-bond acceptors (Lipinski definition) is 6. The average molecular weight is 380 g/mol. The highest BCUT2D eigenvalue weighted by Crippen LogP contribution is 2.18. The number of unbranched alkanes of at least 4 members (excludes halogenated alkanes) is 1. The van der Waals surface area contributed by atoms with E-state index in [-0.39, 0.29) is 19.6 Å². The van der Waals surface area contributed by atoms with Gasteiger partial charge in [-0.3, -0.25) is 0 Å². The van der Waals surface area contributed by atoms with E-state index in [0.717, 1.165) is 5.56 Å². The lowest BCUT2D eigenvalue weighted by Crippen LogP contribution is -2.57. The van der Waals surface area contributed by atoms with E-state index >= 15 is 0 Å². The molecule has 0 spiro atoms. The number of carboxylic acid groups (broad SMARTS) is 1. The van der Waals surface area contributed by atoms with Crippen LogP contribution < -0.4 is 11.1 Å². The van der Waals surface area contributed by atoms with Crippen molar-refractivity contribution in [2.45, 2.75) is 57.8 Å². The molecule has 0 fully saturated rings. The van der Waals surface area contributed by atoms with Crippen molar-refractivity contribution in [3.8, 4) is 0 Å². The molecule has 0 aromatic heterocycles. The van der Waals surface area contributed by atoms with Crippen molar-refractivity contribution in [1.82, 2.24) is 5.32 Å². The molecule has 1 atom stereocenters. The highest BCUT2D eigenvalue weighted by Gasteiger charge is 2.44. The molecule has 0 radical (unpaired) electrons. The van der Waals surface area contributed by atoms with Crippen LogP contribution in [-0.2, 0) is 25.7 Å². The monoisotopic (exact) mass is 380 g/mol. The van der Waals surface area contributed by atoms with Crippen LogP contribution in [0.1, 0.15) is 45.6 Å². The van der Waals surface area contributed by atoms with Crippen molar-refractivity contribution in [1.29, 1.82) is 0 Å². The Labute approximate surface area is 159 Å². The quantitative estimate of drug-likeness (QED) is 0.340. The van der Waals surface area contributed by atoms with Crippen LogP contribution in [0.5, 0.6) is 0 Å².